The lowest BCUT2D eigenvalue weighted by atomic mass is 10.0. The van der Waals surface area contributed by atoms with Gasteiger partial charge >= 0.3 is 0 Å². The third kappa shape index (κ3) is 4.57. The largest absolute Gasteiger partial charge is 0.493 e. The summed E-state index contributed by atoms with van der Waals surface area (Å²) in [5.74, 6) is 2.34. The normalized spacial score (nSPS) is 11.4. The van der Waals surface area contributed by atoms with E-state index in [0.717, 1.165) is 43.3 Å². The van der Waals surface area contributed by atoms with E-state index in [1.54, 1.807) is 16.4 Å². The number of hydrogen-bond donors (Lipinski definition) is 0. The number of ether oxygens (including phenoxy) is 1. The molecule has 0 atom stereocenters. The molecule has 0 spiro atoms. The molecule has 0 saturated carbocycles. The van der Waals surface area contributed by atoms with Gasteiger partial charge in [-0.25, -0.2) is 0 Å². The maximum atomic E-state index is 5.85. The highest BCUT2D eigenvalue weighted by Crippen LogP contribution is 2.27. The van der Waals surface area contributed by atoms with E-state index in [1.807, 2.05) is 50.4 Å². The minimum absolute atomic E-state index is 0.596. The molecule has 1 aromatic heterocycles. The molecule has 0 aliphatic heterocycles. The molecule has 0 N–H and O–H groups in total. The van der Waals surface area contributed by atoms with Gasteiger partial charge < -0.3 is 4.74 Å². The maximum Gasteiger partial charge on any atom is 0.212 e. The van der Waals surface area contributed by atoms with E-state index in [1.165, 1.54) is 5.56 Å². The minimum atomic E-state index is 0.596. The molecule has 30 heavy (non-hydrogen) atoms. The van der Waals surface area contributed by atoms with Gasteiger partial charge in [-0.2, -0.15) is 9.78 Å². The first-order valence-electron chi connectivity index (χ1n) is 9.64. The van der Waals surface area contributed by atoms with E-state index < -0.39 is 0 Å². The van der Waals surface area contributed by atoms with Crippen molar-refractivity contribution >= 4 is 44.7 Å². The zero-order valence-corrected chi connectivity index (χ0v) is 19.2. The summed E-state index contributed by atoms with van der Waals surface area (Å²) in [6, 6.07) is 20.6. The van der Waals surface area contributed by atoms with Crippen molar-refractivity contribution in [2.45, 2.75) is 24.8 Å². The molecule has 7 heteroatoms. The monoisotopic (exact) mass is 480 g/mol. The third-order valence-electron chi connectivity index (χ3n) is 4.58. The van der Waals surface area contributed by atoms with Gasteiger partial charge in [0.1, 0.15) is 5.75 Å². The van der Waals surface area contributed by atoms with Crippen molar-refractivity contribution in [3.05, 3.63) is 82.1 Å². The number of aromatic nitrogens is 3. The Morgan fingerprint density at radius 2 is 1.87 bits per heavy atom. The number of fused-ring (bicyclic) bond motifs is 1. The Balaban J connectivity index is 1.64. The van der Waals surface area contributed by atoms with E-state index in [4.69, 9.17) is 9.84 Å². The van der Waals surface area contributed by atoms with Crippen molar-refractivity contribution in [1.29, 1.82) is 0 Å². The van der Waals surface area contributed by atoms with Crippen LogP contribution in [0.5, 0.6) is 5.75 Å². The second-order valence-corrected chi connectivity index (χ2v) is 8.49. The Morgan fingerprint density at radius 3 is 2.67 bits per heavy atom. The number of thioether (sulfide) groups is 1. The van der Waals surface area contributed by atoms with Crippen LogP contribution in [0.15, 0.2) is 75.4 Å². The van der Waals surface area contributed by atoms with E-state index in [9.17, 15) is 0 Å². The molecular formula is C23H21BrN4OS. The van der Waals surface area contributed by atoms with Crippen molar-refractivity contribution < 1.29 is 4.74 Å². The lowest BCUT2D eigenvalue weighted by Gasteiger charge is -2.10. The van der Waals surface area contributed by atoms with Gasteiger partial charge in [-0.1, -0.05) is 70.2 Å². The first-order valence-corrected chi connectivity index (χ1v) is 11.4. The molecule has 0 radical (unpaired) electrons. The van der Waals surface area contributed by atoms with Gasteiger partial charge in [-0.3, -0.25) is 0 Å². The van der Waals surface area contributed by atoms with Crippen molar-refractivity contribution in [3.63, 3.8) is 0 Å². The van der Waals surface area contributed by atoms with E-state index in [-0.39, 0.29) is 0 Å². The van der Waals surface area contributed by atoms with Crippen LogP contribution in [-0.2, 0) is 5.75 Å². The molecule has 0 amide bonds. The van der Waals surface area contributed by atoms with Crippen LogP contribution < -0.4 is 4.74 Å². The summed E-state index contributed by atoms with van der Waals surface area (Å²) in [5.41, 5.74) is 2.17. The molecule has 0 saturated heterocycles. The van der Waals surface area contributed by atoms with Gasteiger partial charge in [-0.15, -0.1) is 10.2 Å². The van der Waals surface area contributed by atoms with E-state index in [2.05, 4.69) is 56.5 Å². The predicted octanol–water partition coefficient (Wildman–Crippen LogP) is 6.08. The quantitative estimate of drug-likeness (QED) is 0.237. The van der Waals surface area contributed by atoms with Gasteiger partial charge in [0.15, 0.2) is 5.82 Å². The highest BCUT2D eigenvalue weighted by molar-refractivity contribution is 9.10. The highest BCUT2D eigenvalue weighted by atomic mass is 79.9. The SMILES string of the molecule is CCOc1ccc2ccccc2c1/C=N/n1c(C)nnc1SCc1ccc(Br)cc1. The van der Waals surface area contributed by atoms with Gasteiger partial charge in [0.05, 0.1) is 12.8 Å². The molecule has 5 nitrogen and oxygen atoms in total. The van der Waals surface area contributed by atoms with Crippen LogP contribution in [0.1, 0.15) is 23.9 Å². The average Bonchev–Trinajstić information content (AvgIpc) is 3.12. The molecule has 3 aromatic carbocycles. The van der Waals surface area contributed by atoms with Gasteiger partial charge in [-0.05, 0) is 48.4 Å². The number of nitrogens with zero attached hydrogens (tertiary/aromatic N) is 4. The molecule has 1 heterocycles. The summed E-state index contributed by atoms with van der Waals surface area (Å²) in [6.07, 6.45) is 1.84. The third-order valence-corrected chi connectivity index (χ3v) is 6.10. The summed E-state index contributed by atoms with van der Waals surface area (Å²) in [6.45, 7) is 4.48. The Morgan fingerprint density at radius 1 is 1.07 bits per heavy atom. The zero-order valence-electron chi connectivity index (χ0n) is 16.7. The summed E-state index contributed by atoms with van der Waals surface area (Å²) in [4.78, 5) is 0. The number of halogens is 1. The lowest BCUT2D eigenvalue weighted by Crippen LogP contribution is -2.00. The fourth-order valence-electron chi connectivity index (χ4n) is 3.10. The van der Waals surface area contributed by atoms with Crippen molar-refractivity contribution in [2.75, 3.05) is 6.61 Å². The van der Waals surface area contributed by atoms with Crippen LogP contribution in [0.4, 0.5) is 0 Å². The number of rotatable bonds is 7. The second-order valence-electron chi connectivity index (χ2n) is 6.63. The Bertz CT molecular complexity index is 1190. The molecule has 152 valence electrons. The smallest absolute Gasteiger partial charge is 0.212 e. The van der Waals surface area contributed by atoms with Crippen LogP contribution >= 0.6 is 27.7 Å². The molecule has 0 aliphatic carbocycles. The maximum absolute atomic E-state index is 5.85. The molecule has 4 rings (SSSR count). The highest BCUT2D eigenvalue weighted by Gasteiger charge is 2.11. The number of benzene rings is 3. The summed E-state index contributed by atoms with van der Waals surface area (Å²) >= 11 is 5.08. The molecule has 0 aliphatic rings. The Kier molecular flexibility index (Phi) is 6.50. The lowest BCUT2D eigenvalue weighted by molar-refractivity contribution is 0.340. The summed E-state index contributed by atoms with van der Waals surface area (Å²) in [5, 5.41) is 16.2. The molecular weight excluding hydrogens is 460 g/mol. The van der Waals surface area contributed by atoms with Gasteiger partial charge in [0.25, 0.3) is 0 Å². The van der Waals surface area contributed by atoms with Crippen LogP contribution in [0.25, 0.3) is 10.8 Å². The molecule has 0 unspecified atom stereocenters. The van der Waals surface area contributed by atoms with Crippen molar-refractivity contribution in [1.82, 2.24) is 14.9 Å². The average molecular weight is 481 g/mol. The van der Waals surface area contributed by atoms with Crippen molar-refractivity contribution in [3.8, 4) is 5.75 Å². The first-order chi connectivity index (χ1) is 14.7. The van der Waals surface area contributed by atoms with Gasteiger partial charge in [0, 0.05) is 15.8 Å². The summed E-state index contributed by atoms with van der Waals surface area (Å²) in [7, 11) is 0. The second kappa shape index (κ2) is 9.45. The Labute approximate surface area is 188 Å². The van der Waals surface area contributed by atoms with Crippen LogP contribution in [0.3, 0.4) is 0 Å². The first kappa shape index (κ1) is 20.6. The number of aryl methyl sites for hydroxylation is 1. The minimum Gasteiger partial charge on any atom is -0.493 e. The standard InChI is InChI=1S/C23H21BrN4OS/c1-3-29-22-13-10-18-6-4-5-7-20(18)21(22)14-25-28-16(2)26-27-23(28)30-15-17-8-11-19(24)12-9-17/h4-14H,3,15H2,1-2H3/b25-14+. The molecule has 0 bridgehead atoms. The van der Waals surface area contributed by atoms with Crippen LogP contribution in [0, 0.1) is 6.92 Å². The fraction of sp³-hybridized carbons (Fsp3) is 0.174. The molecule has 0 fully saturated rings. The number of hydrogen-bond acceptors (Lipinski definition) is 5. The van der Waals surface area contributed by atoms with Gasteiger partial charge in [0.2, 0.25) is 5.16 Å². The topological polar surface area (TPSA) is 52.3 Å². The van der Waals surface area contributed by atoms with Crippen LogP contribution in [-0.4, -0.2) is 27.7 Å². The van der Waals surface area contributed by atoms with E-state index >= 15 is 0 Å². The zero-order chi connectivity index (χ0) is 20.9. The Hall–Kier alpha value is -2.64. The summed E-state index contributed by atoms with van der Waals surface area (Å²) < 4.78 is 8.70. The molecule has 4 aromatic rings. The predicted molar refractivity (Wildman–Crippen MR) is 127 cm³/mol. The van der Waals surface area contributed by atoms with E-state index in [0.29, 0.717) is 6.61 Å². The van der Waals surface area contributed by atoms with Crippen LogP contribution in [0.2, 0.25) is 0 Å². The van der Waals surface area contributed by atoms with Crippen molar-refractivity contribution in [2.24, 2.45) is 5.10 Å². The fourth-order valence-corrected chi connectivity index (χ4v) is 4.25.